The molecule has 0 saturated heterocycles. The second kappa shape index (κ2) is 3.96. The van der Waals surface area contributed by atoms with Crippen molar-refractivity contribution in [3.05, 3.63) is 35.9 Å². The van der Waals surface area contributed by atoms with E-state index in [9.17, 15) is 5.11 Å². The van der Waals surface area contributed by atoms with Crippen LogP contribution in [-0.2, 0) is 0 Å². The van der Waals surface area contributed by atoms with Crippen LogP contribution in [0.3, 0.4) is 0 Å². The summed E-state index contributed by atoms with van der Waals surface area (Å²) in [5.74, 6) is 0.144. The summed E-state index contributed by atoms with van der Waals surface area (Å²) in [5, 5.41) is 24.2. The Hall–Kier alpha value is -1.68. The second-order valence-electron chi connectivity index (χ2n) is 4.58. The number of aliphatic hydroxyl groups is 1. The Morgan fingerprint density at radius 1 is 1.41 bits per heavy atom. The van der Waals surface area contributed by atoms with Crippen LogP contribution in [0.15, 0.2) is 35.4 Å². The molecule has 1 aromatic rings. The van der Waals surface area contributed by atoms with Crippen molar-refractivity contribution >= 4 is 11.5 Å². The smallest absolute Gasteiger partial charge is 0.165 e. The van der Waals surface area contributed by atoms with Gasteiger partial charge in [-0.3, -0.25) is 5.41 Å². The minimum atomic E-state index is -1.13. The summed E-state index contributed by atoms with van der Waals surface area (Å²) < 4.78 is 0. The lowest BCUT2D eigenvalue weighted by molar-refractivity contribution is -0.0609. The lowest BCUT2D eigenvalue weighted by Gasteiger charge is -2.32. The molecule has 0 radical (unpaired) electrons. The Bertz CT molecular complexity index is 465. The Kier molecular flexibility index (Phi) is 2.75. The molecular formula is C13H17N3O. The Morgan fingerprint density at radius 2 is 2.00 bits per heavy atom. The second-order valence-corrected chi connectivity index (χ2v) is 4.58. The van der Waals surface area contributed by atoms with Crippen LogP contribution >= 0.6 is 0 Å². The monoisotopic (exact) mass is 231 g/mol. The quantitative estimate of drug-likeness (QED) is 0.574. The molecule has 1 aliphatic heterocycles. The van der Waals surface area contributed by atoms with E-state index in [1.165, 1.54) is 5.01 Å². The summed E-state index contributed by atoms with van der Waals surface area (Å²) in [5.41, 5.74) is 0.464. The van der Waals surface area contributed by atoms with Crippen molar-refractivity contribution in [2.45, 2.75) is 26.5 Å². The first kappa shape index (κ1) is 11.8. The number of amidine groups is 1. The van der Waals surface area contributed by atoms with Gasteiger partial charge in [-0.05, 0) is 13.8 Å². The third kappa shape index (κ3) is 1.85. The maximum absolute atomic E-state index is 10.4. The normalized spacial score (nSPS) is 28.1. The Labute approximate surface area is 101 Å². The predicted molar refractivity (Wildman–Crippen MR) is 68.0 cm³/mol. The van der Waals surface area contributed by atoms with Crippen LogP contribution in [0.1, 0.15) is 26.3 Å². The van der Waals surface area contributed by atoms with E-state index in [4.69, 9.17) is 5.41 Å². The van der Waals surface area contributed by atoms with Gasteiger partial charge in [0.25, 0.3) is 0 Å². The molecule has 0 saturated carbocycles. The van der Waals surface area contributed by atoms with Gasteiger partial charge in [-0.25, -0.2) is 5.01 Å². The van der Waals surface area contributed by atoms with Crippen LogP contribution in [0.25, 0.3) is 0 Å². The van der Waals surface area contributed by atoms with Crippen molar-refractivity contribution in [2.24, 2.45) is 11.0 Å². The zero-order valence-corrected chi connectivity index (χ0v) is 10.3. The SMILES string of the molecule is CC1=NN(C(=N)c2ccccc2)[C@@](C)(O)[C@@H]1C. The zero-order valence-electron chi connectivity index (χ0n) is 10.3. The maximum atomic E-state index is 10.4. The summed E-state index contributed by atoms with van der Waals surface area (Å²) in [7, 11) is 0. The largest absolute Gasteiger partial charge is 0.369 e. The first-order valence-electron chi connectivity index (χ1n) is 5.66. The van der Waals surface area contributed by atoms with Crippen molar-refractivity contribution in [3.8, 4) is 0 Å². The van der Waals surface area contributed by atoms with Gasteiger partial charge in [0, 0.05) is 17.2 Å². The zero-order chi connectivity index (χ0) is 12.6. The molecule has 1 heterocycles. The molecule has 0 fully saturated rings. The summed E-state index contributed by atoms with van der Waals surface area (Å²) >= 11 is 0. The van der Waals surface area contributed by atoms with Gasteiger partial charge < -0.3 is 5.11 Å². The average Bonchev–Trinajstić information content (AvgIpc) is 2.53. The van der Waals surface area contributed by atoms with Crippen LogP contribution in [-0.4, -0.2) is 27.4 Å². The molecule has 0 unspecified atom stereocenters. The molecule has 0 aromatic heterocycles. The van der Waals surface area contributed by atoms with Gasteiger partial charge >= 0.3 is 0 Å². The lowest BCUT2D eigenvalue weighted by Crippen LogP contribution is -2.47. The molecule has 4 heteroatoms. The van der Waals surface area contributed by atoms with Crippen LogP contribution in [0.4, 0.5) is 0 Å². The van der Waals surface area contributed by atoms with E-state index in [1.807, 2.05) is 44.2 Å². The molecule has 0 spiro atoms. The van der Waals surface area contributed by atoms with Crippen molar-refractivity contribution in [3.63, 3.8) is 0 Å². The first-order chi connectivity index (χ1) is 7.94. The highest BCUT2D eigenvalue weighted by atomic mass is 16.3. The van der Waals surface area contributed by atoms with Gasteiger partial charge in [-0.1, -0.05) is 37.3 Å². The molecular weight excluding hydrogens is 214 g/mol. The average molecular weight is 231 g/mol. The fraction of sp³-hybridized carbons (Fsp3) is 0.385. The highest BCUT2D eigenvalue weighted by molar-refractivity contribution is 5.99. The summed E-state index contributed by atoms with van der Waals surface area (Å²) in [4.78, 5) is 0. The van der Waals surface area contributed by atoms with Crippen LogP contribution in [0.2, 0.25) is 0 Å². The maximum Gasteiger partial charge on any atom is 0.165 e. The number of nitrogens with zero attached hydrogens (tertiary/aromatic N) is 2. The molecule has 4 nitrogen and oxygen atoms in total. The number of rotatable bonds is 1. The van der Waals surface area contributed by atoms with Gasteiger partial charge in [0.05, 0.1) is 0 Å². The van der Waals surface area contributed by atoms with E-state index >= 15 is 0 Å². The van der Waals surface area contributed by atoms with Gasteiger partial charge in [-0.15, -0.1) is 0 Å². The van der Waals surface area contributed by atoms with Gasteiger partial charge in [0.15, 0.2) is 11.6 Å². The number of hydrogen-bond acceptors (Lipinski definition) is 3. The van der Waals surface area contributed by atoms with Gasteiger partial charge in [-0.2, -0.15) is 5.10 Å². The fourth-order valence-electron chi connectivity index (χ4n) is 1.92. The molecule has 1 aromatic carbocycles. The van der Waals surface area contributed by atoms with E-state index < -0.39 is 5.72 Å². The number of hydrogen-bond donors (Lipinski definition) is 2. The molecule has 0 amide bonds. The van der Waals surface area contributed by atoms with E-state index in [1.54, 1.807) is 6.92 Å². The van der Waals surface area contributed by atoms with Crippen molar-refractivity contribution in [2.75, 3.05) is 0 Å². The summed E-state index contributed by atoms with van der Waals surface area (Å²) in [6.45, 7) is 5.48. The third-order valence-corrected chi connectivity index (χ3v) is 3.39. The van der Waals surface area contributed by atoms with Gasteiger partial charge in [0.2, 0.25) is 0 Å². The van der Waals surface area contributed by atoms with E-state index in [0.717, 1.165) is 11.3 Å². The molecule has 0 bridgehead atoms. The van der Waals surface area contributed by atoms with E-state index in [2.05, 4.69) is 5.10 Å². The van der Waals surface area contributed by atoms with E-state index in [-0.39, 0.29) is 11.8 Å². The topological polar surface area (TPSA) is 59.7 Å². The highest BCUT2D eigenvalue weighted by Gasteiger charge is 2.43. The molecule has 2 N–H and O–H groups in total. The number of hydrazone groups is 1. The molecule has 1 aliphatic rings. The fourth-order valence-corrected chi connectivity index (χ4v) is 1.92. The van der Waals surface area contributed by atoms with Crippen molar-refractivity contribution in [1.29, 1.82) is 5.41 Å². The first-order valence-corrected chi connectivity index (χ1v) is 5.66. The van der Waals surface area contributed by atoms with Crippen molar-refractivity contribution in [1.82, 2.24) is 5.01 Å². The number of benzene rings is 1. The molecule has 17 heavy (non-hydrogen) atoms. The molecule has 2 rings (SSSR count). The standard InChI is InChI=1S/C13H17N3O/c1-9-10(2)15-16(13(9,3)17)12(14)11-7-5-4-6-8-11/h4-9,14,17H,1-3H3/t9-,13+/m1/s1. The molecule has 2 atom stereocenters. The van der Waals surface area contributed by atoms with Gasteiger partial charge in [0.1, 0.15) is 0 Å². The van der Waals surface area contributed by atoms with Crippen LogP contribution in [0.5, 0.6) is 0 Å². The minimum Gasteiger partial charge on any atom is -0.369 e. The van der Waals surface area contributed by atoms with E-state index in [0.29, 0.717) is 0 Å². The number of nitrogens with one attached hydrogen (secondary N) is 1. The summed E-state index contributed by atoms with van der Waals surface area (Å²) in [6, 6.07) is 9.32. The minimum absolute atomic E-state index is 0.0773. The Balaban J connectivity index is 2.34. The third-order valence-electron chi connectivity index (χ3n) is 3.39. The molecule has 0 aliphatic carbocycles. The van der Waals surface area contributed by atoms with Crippen molar-refractivity contribution < 1.29 is 5.11 Å². The predicted octanol–water partition coefficient (Wildman–Crippen LogP) is 2.05. The highest BCUT2D eigenvalue weighted by Crippen LogP contribution is 2.31. The van der Waals surface area contributed by atoms with Crippen LogP contribution in [0, 0.1) is 11.3 Å². The lowest BCUT2D eigenvalue weighted by atomic mass is 9.96. The Morgan fingerprint density at radius 3 is 2.47 bits per heavy atom. The molecule has 90 valence electrons. The summed E-state index contributed by atoms with van der Waals surface area (Å²) in [6.07, 6.45) is 0. The van der Waals surface area contributed by atoms with Crippen LogP contribution < -0.4 is 0 Å².